The molecule has 0 aromatic heterocycles. The fourth-order valence-corrected chi connectivity index (χ4v) is 3.97. The van der Waals surface area contributed by atoms with Crippen LogP contribution >= 0.6 is 0 Å². The number of hydrazone groups is 1. The highest BCUT2D eigenvalue weighted by molar-refractivity contribution is 6.40. The Hall–Kier alpha value is -3.26. The van der Waals surface area contributed by atoms with Crippen LogP contribution in [0.25, 0.3) is 0 Å². The molecular weight excluding hydrogens is 399 g/mol. The van der Waals surface area contributed by atoms with Crippen LogP contribution in [0.2, 0.25) is 0 Å². The molecule has 0 spiro atoms. The Kier molecular flexibility index (Phi) is 6.27. The number of anilines is 1. The van der Waals surface area contributed by atoms with Crippen LogP contribution < -0.4 is 10.7 Å². The number of nitrogens with two attached hydrogens (primary N) is 1. The largest absolute Gasteiger partial charge is 0.376 e. The smallest absolute Gasteiger partial charge is 0.270 e. The molecule has 2 aliphatic rings. The second kappa shape index (κ2) is 9.26. The van der Waals surface area contributed by atoms with E-state index in [1.807, 2.05) is 30.3 Å². The number of hydrogen-bond acceptors (Lipinski definition) is 5. The van der Waals surface area contributed by atoms with Crippen molar-refractivity contribution >= 4 is 23.2 Å². The molecular formula is C23H25FN4O3. The second-order valence-corrected chi connectivity index (χ2v) is 7.80. The first-order valence-electron chi connectivity index (χ1n) is 10.4. The molecule has 2 aliphatic heterocycles. The van der Waals surface area contributed by atoms with Crippen molar-refractivity contribution in [2.24, 2.45) is 10.8 Å². The number of carbonyl (C=O) groups is 2. The minimum atomic E-state index is -0.736. The first-order valence-corrected chi connectivity index (χ1v) is 10.4. The van der Waals surface area contributed by atoms with Gasteiger partial charge in [0.1, 0.15) is 17.6 Å². The summed E-state index contributed by atoms with van der Waals surface area (Å²) in [7, 11) is 0. The molecule has 162 valence electrons. The molecule has 1 fully saturated rings. The molecule has 2 amide bonds. The third-order valence-corrected chi connectivity index (χ3v) is 5.50. The molecule has 2 atom stereocenters. The van der Waals surface area contributed by atoms with Gasteiger partial charge in [0.25, 0.3) is 5.91 Å². The van der Waals surface area contributed by atoms with E-state index < -0.39 is 11.9 Å². The van der Waals surface area contributed by atoms with Crippen LogP contribution in [-0.4, -0.2) is 47.7 Å². The normalized spacial score (nSPS) is 20.5. The van der Waals surface area contributed by atoms with Crippen molar-refractivity contribution < 1.29 is 18.7 Å². The van der Waals surface area contributed by atoms with Gasteiger partial charge in [-0.2, -0.15) is 5.10 Å². The van der Waals surface area contributed by atoms with Crippen molar-refractivity contribution in [3.05, 3.63) is 66.0 Å². The number of ether oxygens (including phenoxy) is 1. The van der Waals surface area contributed by atoms with Crippen molar-refractivity contribution in [2.75, 3.05) is 18.2 Å². The molecule has 1 saturated heterocycles. The molecule has 4 rings (SSSR count). The van der Waals surface area contributed by atoms with Crippen LogP contribution in [0.5, 0.6) is 0 Å². The molecule has 2 unspecified atom stereocenters. The maximum absolute atomic E-state index is 13.7. The number of amides is 2. The quantitative estimate of drug-likeness (QED) is 0.740. The van der Waals surface area contributed by atoms with Crippen molar-refractivity contribution in [3.8, 4) is 0 Å². The molecule has 2 heterocycles. The number of rotatable bonds is 7. The van der Waals surface area contributed by atoms with Gasteiger partial charge in [-0.25, -0.2) is 4.39 Å². The van der Waals surface area contributed by atoms with E-state index in [0.717, 1.165) is 12.8 Å². The Morgan fingerprint density at radius 3 is 2.68 bits per heavy atom. The third-order valence-electron chi connectivity index (χ3n) is 5.50. The van der Waals surface area contributed by atoms with Gasteiger partial charge < -0.3 is 15.4 Å². The molecule has 31 heavy (non-hydrogen) atoms. The van der Waals surface area contributed by atoms with Crippen LogP contribution in [0, 0.1) is 5.82 Å². The lowest BCUT2D eigenvalue weighted by Gasteiger charge is -2.25. The van der Waals surface area contributed by atoms with E-state index in [-0.39, 0.29) is 36.5 Å². The van der Waals surface area contributed by atoms with Crippen LogP contribution in [0.3, 0.4) is 0 Å². The zero-order chi connectivity index (χ0) is 21.8. The number of hydrogen-bond donors (Lipinski definition) is 1. The highest BCUT2D eigenvalue weighted by Crippen LogP contribution is 2.26. The summed E-state index contributed by atoms with van der Waals surface area (Å²) in [5, 5.41) is 5.96. The van der Waals surface area contributed by atoms with Crippen LogP contribution in [0.15, 0.2) is 59.7 Å². The fraction of sp³-hybridized carbons (Fsp3) is 0.348. The number of benzene rings is 2. The lowest BCUT2D eigenvalue weighted by atomic mass is 10.1. The summed E-state index contributed by atoms with van der Waals surface area (Å²) in [4.78, 5) is 27.1. The van der Waals surface area contributed by atoms with Crippen LogP contribution in [-0.2, 0) is 20.9 Å². The van der Waals surface area contributed by atoms with Gasteiger partial charge in [-0.15, -0.1) is 0 Å². The highest BCUT2D eigenvalue weighted by Gasteiger charge is 2.37. The predicted molar refractivity (Wildman–Crippen MR) is 115 cm³/mol. The number of para-hydroxylation sites is 1. The number of nitrogens with zero attached hydrogens (tertiary/aromatic N) is 3. The lowest BCUT2D eigenvalue weighted by Crippen LogP contribution is -2.42. The summed E-state index contributed by atoms with van der Waals surface area (Å²) < 4.78 is 19.4. The molecule has 0 radical (unpaired) electrons. The lowest BCUT2D eigenvalue weighted by molar-refractivity contribution is -0.126. The Morgan fingerprint density at radius 1 is 1.19 bits per heavy atom. The minimum absolute atomic E-state index is 0.0725. The molecule has 2 N–H and O–H groups in total. The van der Waals surface area contributed by atoms with Gasteiger partial charge in [-0.3, -0.25) is 14.6 Å². The minimum Gasteiger partial charge on any atom is -0.376 e. The molecule has 7 nitrogen and oxygen atoms in total. The van der Waals surface area contributed by atoms with E-state index >= 15 is 0 Å². The average Bonchev–Trinajstić information content (AvgIpc) is 3.44. The fourth-order valence-electron chi connectivity index (χ4n) is 3.97. The standard InChI is InChI=1S/C23H25FN4O3/c24-17-7-4-6-16(12-17)14-27(15-19-10-5-11-31-19)23(30)20-13-21(22(25)29)28(26-20)18-8-2-1-3-9-18/h1-4,6-9,12,19,21H,5,10-11,13-15H2,(H2,25,29). The van der Waals surface area contributed by atoms with E-state index in [9.17, 15) is 14.0 Å². The molecule has 0 saturated carbocycles. The summed E-state index contributed by atoms with van der Waals surface area (Å²) in [5.41, 5.74) is 7.21. The summed E-state index contributed by atoms with van der Waals surface area (Å²) in [6.07, 6.45) is 1.85. The van der Waals surface area contributed by atoms with Gasteiger partial charge in [0, 0.05) is 26.1 Å². The Bertz CT molecular complexity index is 976. The van der Waals surface area contributed by atoms with Crippen molar-refractivity contribution in [3.63, 3.8) is 0 Å². The van der Waals surface area contributed by atoms with E-state index in [4.69, 9.17) is 10.5 Å². The highest BCUT2D eigenvalue weighted by atomic mass is 19.1. The topological polar surface area (TPSA) is 88.2 Å². The number of carbonyl (C=O) groups excluding carboxylic acids is 2. The zero-order valence-electron chi connectivity index (χ0n) is 17.1. The Balaban J connectivity index is 1.59. The maximum atomic E-state index is 13.7. The van der Waals surface area contributed by atoms with Crippen molar-refractivity contribution in [1.29, 1.82) is 0 Å². The van der Waals surface area contributed by atoms with Crippen molar-refractivity contribution in [2.45, 2.75) is 38.0 Å². The molecule has 0 bridgehead atoms. The third kappa shape index (κ3) is 4.91. The van der Waals surface area contributed by atoms with Gasteiger partial charge in [-0.1, -0.05) is 30.3 Å². The van der Waals surface area contributed by atoms with E-state index in [1.165, 1.54) is 17.1 Å². The van der Waals surface area contributed by atoms with Crippen molar-refractivity contribution in [1.82, 2.24) is 4.90 Å². The molecule has 2 aromatic rings. The SMILES string of the molecule is NC(=O)C1CC(C(=O)N(Cc2cccc(F)c2)CC2CCCO2)=NN1c1ccccc1. The first-order chi connectivity index (χ1) is 15.0. The summed E-state index contributed by atoms with van der Waals surface area (Å²) in [5.74, 6) is -1.21. The summed E-state index contributed by atoms with van der Waals surface area (Å²) in [6.45, 7) is 1.27. The predicted octanol–water partition coefficient (Wildman–Crippen LogP) is 2.45. The Morgan fingerprint density at radius 2 is 2.00 bits per heavy atom. The molecule has 2 aromatic carbocycles. The Labute approximate surface area is 180 Å². The number of primary amides is 1. The van der Waals surface area contributed by atoms with Gasteiger partial charge in [0.05, 0.1) is 11.8 Å². The summed E-state index contributed by atoms with van der Waals surface area (Å²) in [6, 6.07) is 14.6. The van der Waals surface area contributed by atoms with E-state index in [2.05, 4.69) is 5.10 Å². The van der Waals surface area contributed by atoms with E-state index in [0.29, 0.717) is 24.4 Å². The van der Waals surface area contributed by atoms with Gasteiger partial charge in [0.2, 0.25) is 5.91 Å². The van der Waals surface area contributed by atoms with Crippen LogP contribution in [0.1, 0.15) is 24.8 Å². The number of halogens is 1. The van der Waals surface area contributed by atoms with Crippen LogP contribution in [0.4, 0.5) is 10.1 Å². The maximum Gasteiger partial charge on any atom is 0.270 e. The first kappa shape index (κ1) is 21.0. The monoisotopic (exact) mass is 424 g/mol. The molecule has 0 aliphatic carbocycles. The van der Waals surface area contributed by atoms with Gasteiger partial charge >= 0.3 is 0 Å². The summed E-state index contributed by atoms with van der Waals surface area (Å²) >= 11 is 0. The van der Waals surface area contributed by atoms with Gasteiger partial charge in [0.15, 0.2) is 0 Å². The van der Waals surface area contributed by atoms with Gasteiger partial charge in [-0.05, 0) is 42.7 Å². The molecule has 8 heteroatoms. The van der Waals surface area contributed by atoms with E-state index in [1.54, 1.807) is 17.0 Å². The second-order valence-electron chi connectivity index (χ2n) is 7.80. The zero-order valence-corrected chi connectivity index (χ0v) is 17.1. The average molecular weight is 424 g/mol.